The molecule has 2 aliphatic rings. The van der Waals surface area contributed by atoms with E-state index in [2.05, 4.69) is 5.32 Å². The number of anilines is 1. The summed E-state index contributed by atoms with van der Waals surface area (Å²) in [6.07, 6.45) is 0.715. The summed E-state index contributed by atoms with van der Waals surface area (Å²) in [6.45, 7) is 4.51. The van der Waals surface area contributed by atoms with E-state index in [1.54, 1.807) is 12.1 Å². The molecule has 2 aliphatic heterocycles. The van der Waals surface area contributed by atoms with Crippen molar-refractivity contribution >= 4 is 23.0 Å². The average molecular weight is 358 g/mol. The molecule has 4 nitrogen and oxygen atoms in total. The van der Waals surface area contributed by atoms with Gasteiger partial charge in [0, 0.05) is 17.7 Å². The van der Waals surface area contributed by atoms with Crippen LogP contribution in [0, 0.1) is 5.82 Å². The van der Waals surface area contributed by atoms with E-state index in [4.69, 9.17) is 21.7 Å². The van der Waals surface area contributed by atoms with Crippen LogP contribution >= 0.6 is 12.2 Å². The van der Waals surface area contributed by atoms with E-state index in [1.165, 1.54) is 12.1 Å². The molecule has 1 saturated heterocycles. The van der Waals surface area contributed by atoms with Gasteiger partial charge in [-0.05, 0) is 56.4 Å². The van der Waals surface area contributed by atoms with Crippen LogP contribution in [0.15, 0.2) is 42.5 Å². The van der Waals surface area contributed by atoms with Crippen molar-refractivity contribution in [3.8, 4) is 11.5 Å². The first kappa shape index (κ1) is 16.1. The topological polar surface area (TPSA) is 33.7 Å². The predicted octanol–water partition coefficient (Wildman–Crippen LogP) is 4.16. The number of para-hydroxylation sites is 1. The Labute approximate surface area is 151 Å². The highest BCUT2D eigenvalue weighted by Gasteiger charge is 2.49. The molecule has 0 aromatic heterocycles. The van der Waals surface area contributed by atoms with Crippen molar-refractivity contribution in [2.45, 2.75) is 32.0 Å². The van der Waals surface area contributed by atoms with Gasteiger partial charge in [0.15, 0.2) is 22.3 Å². The van der Waals surface area contributed by atoms with Crippen molar-refractivity contribution in [2.75, 3.05) is 11.5 Å². The zero-order chi connectivity index (χ0) is 17.6. The minimum atomic E-state index is -0.676. The molecular weight excluding hydrogens is 339 g/mol. The van der Waals surface area contributed by atoms with Gasteiger partial charge in [0.1, 0.15) is 5.82 Å². The fourth-order valence-corrected chi connectivity index (χ4v) is 4.05. The molecular formula is C19H19FN2O2S. The van der Waals surface area contributed by atoms with E-state index in [0.29, 0.717) is 18.1 Å². The second kappa shape index (κ2) is 5.88. The molecule has 1 N–H and O–H groups in total. The van der Waals surface area contributed by atoms with E-state index in [1.807, 2.05) is 36.9 Å². The quantitative estimate of drug-likeness (QED) is 0.834. The summed E-state index contributed by atoms with van der Waals surface area (Å²) in [5, 5.41) is 3.96. The van der Waals surface area contributed by atoms with Crippen LogP contribution in [0.2, 0.25) is 0 Å². The lowest BCUT2D eigenvalue weighted by Gasteiger charge is -2.52. The SMILES string of the molecule is CCOc1cccc2c1O[C@]1(C)C[C@H]2NC(=S)N1c1ccc(F)cc1. The van der Waals surface area contributed by atoms with Gasteiger partial charge in [0.2, 0.25) is 0 Å². The lowest BCUT2D eigenvalue weighted by Crippen LogP contribution is -2.65. The minimum absolute atomic E-state index is 0.0540. The van der Waals surface area contributed by atoms with Crippen LogP contribution in [0.25, 0.3) is 0 Å². The highest BCUT2D eigenvalue weighted by Crippen LogP contribution is 2.49. The van der Waals surface area contributed by atoms with Crippen molar-refractivity contribution < 1.29 is 13.9 Å². The van der Waals surface area contributed by atoms with Gasteiger partial charge >= 0.3 is 0 Å². The number of hydrogen-bond acceptors (Lipinski definition) is 3. The summed E-state index contributed by atoms with van der Waals surface area (Å²) in [4.78, 5) is 1.91. The Bertz CT molecular complexity index is 827. The van der Waals surface area contributed by atoms with E-state index in [9.17, 15) is 4.39 Å². The fourth-order valence-electron chi connectivity index (χ4n) is 3.61. The van der Waals surface area contributed by atoms with Gasteiger partial charge in [0.05, 0.1) is 12.6 Å². The van der Waals surface area contributed by atoms with Gasteiger partial charge in [-0.25, -0.2) is 4.39 Å². The maximum absolute atomic E-state index is 13.3. The van der Waals surface area contributed by atoms with Gasteiger partial charge < -0.3 is 14.8 Å². The summed E-state index contributed by atoms with van der Waals surface area (Å²) in [5.41, 5.74) is 1.16. The number of benzene rings is 2. The van der Waals surface area contributed by atoms with E-state index in [-0.39, 0.29) is 11.9 Å². The smallest absolute Gasteiger partial charge is 0.188 e. The number of halogens is 1. The Hall–Kier alpha value is -2.34. The standard InChI is InChI=1S/C19H19FN2O2S/c1-3-23-16-6-4-5-14-15-11-19(2,24-17(14)16)22(18(25)21-15)13-9-7-12(20)8-10-13/h4-10,15H,3,11H2,1-2H3,(H,21,25)/t15-,19-/m1/s1. The first-order valence-electron chi connectivity index (χ1n) is 8.33. The molecule has 2 aromatic carbocycles. The molecule has 2 aromatic rings. The maximum atomic E-state index is 13.3. The van der Waals surface area contributed by atoms with Crippen molar-refractivity contribution in [3.63, 3.8) is 0 Å². The predicted molar refractivity (Wildman–Crippen MR) is 98.6 cm³/mol. The third-order valence-corrected chi connectivity index (χ3v) is 4.95. The number of rotatable bonds is 3. The highest BCUT2D eigenvalue weighted by atomic mass is 32.1. The minimum Gasteiger partial charge on any atom is -0.490 e. The Morgan fingerprint density at radius 3 is 2.80 bits per heavy atom. The molecule has 0 aliphatic carbocycles. The van der Waals surface area contributed by atoms with Crippen LogP contribution in [0.1, 0.15) is 31.9 Å². The van der Waals surface area contributed by atoms with E-state index in [0.717, 1.165) is 22.7 Å². The number of hydrogen-bond donors (Lipinski definition) is 1. The fraction of sp³-hybridized carbons (Fsp3) is 0.316. The van der Waals surface area contributed by atoms with Gasteiger partial charge in [-0.1, -0.05) is 12.1 Å². The van der Waals surface area contributed by atoms with Crippen molar-refractivity contribution in [1.29, 1.82) is 0 Å². The molecule has 0 radical (unpaired) electrons. The molecule has 0 unspecified atom stereocenters. The monoisotopic (exact) mass is 358 g/mol. The zero-order valence-electron chi connectivity index (χ0n) is 14.1. The highest BCUT2D eigenvalue weighted by molar-refractivity contribution is 7.80. The number of fused-ring (bicyclic) bond motifs is 4. The third kappa shape index (κ3) is 2.61. The number of thiocarbonyl (C=S) groups is 1. The van der Waals surface area contributed by atoms with Crippen LogP contribution in [0.3, 0.4) is 0 Å². The molecule has 130 valence electrons. The number of nitrogens with one attached hydrogen (secondary N) is 1. The average Bonchev–Trinajstić information content (AvgIpc) is 2.57. The van der Waals surface area contributed by atoms with Crippen LogP contribution in [-0.2, 0) is 0 Å². The Kier molecular flexibility index (Phi) is 3.80. The largest absolute Gasteiger partial charge is 0.490 e. The number of ether oxygens (including phenoxy) is 2. The number of nitrogens with zero attached hydrogens (tertiary/aromatic N) is 1. The molecule has 4 rings (SSSR count). The molecule has 25 heavy (non-hydrogen) atoms. The van der Waals surface area contributed by atoms with Crippen molar-refractivity contribution in [2.24, 2.45) is 0 Å². The lowest BCUT2D eigenvalue weighted by atomic mass is 9.90. The first-order chi connectivity index (χ1) is 12.0. The second-order valence-corrected chi connectivity index (χ2v) is 6.79. The molecule has 6 heteroatoms. The van der Waals surface area contributed by atoms with Crippen molar-refractivity contribution in [1.82, 2.24) is 5.32 Å². The van der Waals surface area contributed by atoms with Crippen LogP contribution in [0.5, 0.6) is 11.5 Å². The van der Waals surface area contributed by atoms with Gasteiger partial charge in [0.25, 0.3) is 0 Å². The summed E-state index contributed by atoms with van der Waals surface area (Å²) in [6, 6.07) is 12.2. The van der Waals surface area contributed by atoms with Crippen LogP contribution in [-0.4, -0.2) is 17.4 Å². The normalized spacial score (nSPS) is 24.2. The van der Waals surface area contributed by atoms with Crippen molar-refractivity contribution in [3.05, 3.63) is 53.8 Å². The van der Waals surface area contributed by atoms with Crippen LogP contribution < -0.4 is 19.7 Å². The Balaban J connectivity index is 1.79. The van der Waals surface area contributed by atoms with Gasteiger partial charge in [-0.2, -0.15) is 0 Å². The van der Waals surface area contributed by atoms with E-state index < -0.39 is 5.72 Å². The van der Waals surface area contributed by atoms with Crippen LogP contribution in [0.4, 0.5) is 10.1 Å². The molecule has 2 atom stereocenters. The molecule has 2 heterocycles. The molecule has 0 spiro atoms. The zero-order valence-corrected chi connectivity index (χ0v) is 14.9. The summed E-state index contributed by atoms with van der Waals surface area (Å²) in [7, 11) is 0. The summed E-state index contributed by atoms with van der Waals surface area (Å²) in [5.74, 6) is 1.19. The van der Waals surface area contributed by atoms with Gasteiger partial charge in [-0.15, -0.1) is 0 Å². The maximum Gasteiger partial charge on any atom is 0.188 e. The first-order valence-corrected chi connectivity index (χ1v) is 8.73. The summed E-state index contributed by atoms with van der Waals surface area (Å²) >= 11 is 5.59. The van der Waals surface area contributed by atoms with Gasteiger partial charge in [-0.3, -0.25) is 4.90 Å². The van der Waals surface area contributed by atoms with E-state index >= 15 is 0 Å². The molecule has 2 bridgehead atoms. The molecule has 0 saturated carbocycles. The Morgan fingerprint density at radius 1 is 1.32 bits per heavy atom. The summed E-state index contributed by atoms with van der Waals surface area (Å²) < 4.78 is 25.5. The molecule has 0 amide bonds. The Morgan fingerprint density at radius 2 is 2.08 bits per heavy atom. The molecule has 1 fully saturated rings. The second-order valence-electron chi connectivity index (χ2n) is 6.40. The third-order valence-electron chi connectivity index (χ3n) is 4.65. The lowest BCUT2D eigenvalue weighted by molar-refractivity contribution is 0.0457.